The van der Waals surface area contributed by atoms with Gasteiger partial charge in [-0.05, 0) is 19.0 Å². The summed E-state index contributed by atoms with van der Waals surface area (Å²) in [4.78, 5) is 15.1. The molecule has 0 aliphatic carbocycles. The predicted molar refractivity (Wildman–Crippen MR) is 106 cm³/mol. The number of nitrogens with one attached hydrogen (secondary N) is 2. The number of fused-ring (bicyclic) bond motifs is 1. The minimum Gasteiger partial charge on any atom is -0.489 e. The summed E-state index contributed by atoms with van der Waals surface area (Å²) >= 11 is 0. The summed E-state index contributed by atoms with van der Waals surface area (Å²) in [5.74, 6) is 0.892. The molecule has 8 nitrogen and oxygen atoms in total. The lowest BCUT2D eigenvalue weighted by Gasteiger charge is -2.35. The van der Waals surface area contributed by atoms with E-state index in [-0.39, 0.29) is 11.8 Å². The number of ether oxygens (including phenoxy) is 3. The molecule has 0 unspecified atom stereocenters. The first-order valence-corrected chi connectivity index (χ1v) is 9.91. The SMILES string of the molecule is CNc1cc2c(c(C(=O)NC[C@@H]3CCN(CCOC)C[C@H]3O)c1)OCCCO2. The highest BCUT2D eigenvalue weighted by molar-refractivity contribution is 5.99. The Hall–Kier alpha value is -2.03. The van der Waals surface area contributed by atoms with Crippen molar-refractivity contribution in [3.05, 3.63) is 17.7 Å². The van der Waals surface area contributed by atoms with Crippen molar-refractivity contribution in [2.75, 3.05) is 65.5 Å². The van der Waals surface area contributed by atoms with E-state index in [0.717, 1.165) is 31.6 Å². The zero-order valence-electron chi connectivity index (χ0n) is 16.7. The zero-order valence-corrected chi connectivity index (χ0v) is 16.7. The fraction of sp³-hybridized carbons (Fsp3) is 0.650. The monoisotopic (exact) mass is 393 g/mol. The van der Waals surface area contributed by atoms with Gasteiger partial charge < -0.3 is 30.0 Å². The van der Waals surface area contributed by atoms with Crippen LogP contribution in [0.15, 0.2) is 12.1 Å². The minimum absolute atomic E-state index is 0.0333. The molecule has 1 aromatic rings. The normalized spacial score (nSPS) is 22.4. The van der Waals surface area contributed by atoms with Crippen LogP contribution in [0.25, 0.3) is 0 Å². The minimum atomic E-state index is -0.466. The summed E-state index contributed by atoms with van der Waals surface area (Å²) < 4.78 is 16.6. The van der Waals surface area contributed by atoms with Gasteiger partial charge in [-0.15, -0.1) is 0 Å². The third-order valence-corrected chi connectivity index (χ3v) is 5.32. The maximum atomic E-state index is 12.9. The van der Waals surface area contributed by atoms with E-state index in [9.17, 15) is 9.90 Å². The topological polar surface area (TPSA) is 92.3 Å². The molecule has 2 heterocycles. The highest BCUT2D eigenvalue weighted by atomic mass is 16.5. The van der Waals surface area contributed by atoms with Crippen molar-refractivity contribution < 1.29 is 24.1 Å². The Bertz CT molecular complexity index is 669. The van der Waals surface area contributed by atoms with Crippen LogP contribution >= 0.6 is 0 Å². The Morgan fingerprint density at radius 1 is 1.36 bits per heavy atom. The Morgan fingerprint density at radius 3 is 2.93 bits per heavy atom. The summed E-state index contributed by atoms with van der Waals surface area (Å²) in [5.41, 5.74) is 1.25. The first-order valence-electron chi connectivity index (χ1n) is 9.91. The number of piperidine rings is 1. The lowest BCUT2D eigenvalue weighted by atomic mass is 9.93. The number of carbonyl (C=O) groups is 1. The van der Waals surface area contributed by atoms with E-state index in [0.29, 0.717) is 50.0 Å². The third kappa shape index (κ3) is 5.06. The van der Waals surface area contributed by atoms with Crippen LogP contribution in [-0.2, 0) is 4.74 Å². The molecular weight excluding hydrogens is 362 g/mol. The molecule has 8 heteroatoms. The van der Waals surface area contributed by atoms with Gasteiger partial charge in [0, 0.05) is 57.9 Å². The summed E-state index contributed by atoms with van der Waals surface area (Å²) in [6.07, 6.45) is 1.14. The molecule has 1 fully saturated rings. The molecule has 0 saturated carbocycles. The van der Waals surface area contributed by atoms with Gasteiger partial charge in [0.1, 0.15) is 0 Å². The number of likely N-dealkylation sites (tertiary alicyclic amines) is 1. The average Bonchev–Trinajstić information content (AvgIpc) is 2.95. The summed E-state index contributed by atoms with van der Waals surface area (Å²) in [6.45, 7) is 4.47. The number of methoxy groups -OCH3 is 1. The van der Waals surface area contributed by atoms with Gasteiger partial charge in [0.2, 0.25) is 0 Å². The van der Waals surface area contributed by atoms with E-state index >= 15 is 0 Å². The van der Waals surface area contributed by atoms with Crippen LogP contribution in [0.3, 0.4) is 0 Å². The number of amides is 1. The fourth-order valence-electron chi connectivity index (χ4n) is 3.61. The molecule has 28 heavy (non-hydrogen) atoms. The number of hydrogen-bond donors (Lipinski definition) is 3. The molecule has 1 saturated heterocycles. The van der Waals surface area contributed by atoms with Crippen LogP contribution in [-0.4, -0.2) is 82.2 Å². The van der Waals surface area contributed by atoms with E-state index < -0.39 is 6.10 Å². The summed E-state index contributed by atoms with van der Waals surface area (Å²) in [6, 6.07) is 3.61. The van der Waals surface area contributed by atoms with E-state index in [2.05, 4.69) is 15.5 Å². The molecule has 3 rings (SSSR count). The number of aliphatic hydroxyl groups excluding tert-OH is 1. The van der Waals surface area contributed by atoms with Crippen LogP contribution in [0.2, 0.25) is 0 Å². The first-order chi connectivity index (χ1) is 13.6. The van der Waals surface area contributed by atoms with Crippen LogP contribution in [0, 0.1) is 5.92 Å². The van der Waals surface area contributed by atoms with Gasteiger partial charge in [0.25, 0.3) is 5.91 Å². The summed E-state index contributed by atoms with van der Waals surface area (Å²) in [7, 11) is 3.48. The molecule has 156 valence electrons. The smallest absolute Gasteiger partial charge is 0.255 e. The maximum absolute atomic E-state index is 12.9. The molecule has 2 atom stereocenters. The predicted octanol–water partition coefficient (Wildman–Crippen LogP) is 0.949. The van der Waals surface area contributed by atoms with E-state index in [1.54, 1.807) is 20.2 Å². The average molecular weight is 393 g/mol. The molecule has 1 aromatic carbocycles. The summed E-state index contributed by atoms with van der Waals surface area (Å²) in [5, 5.41) is 16.5. The quantitative estimate of drug-likeness (QED) is 0.635. The van der Waals surface area contributed by atoms with Gasteiger partial charge in [-0.25, -0.2) is 0 Å². The number of benzene rings is 1. The Morgan fingerprint density at radius 2 is 2.18 bits per heavy atom. The number of nitrogens with zero attached hydrogens (tertiary/aromatic N) is 1. The molecule has 1 amide bonds. The van der Waals surface area contributed by atoms with Gasteiger partial charge in [-0.1, -0.05) is 0 Å². The first kappa shape index (κ1) is 20.7. The zero-order chi connectivity index (χ0) is 19.9. The number of anilines is 1. The lowest BCUT2D eigenvalue weighted by molar-refractivity contribution is 0.0132. The highest BCUT2D eigenvalue weighted by Crippen LogP contribution is 2.36. The van der Waals surface area contributed by atoms with Crippen molar-refractivity contribution in [3.8, 4) is 11.5 Å². The number of β-amino-alcohol motifs (C(OH)–C–C–N with tert-alkyl or cyclic N) is 1. The van der Waals surface area contributed by atoms with Crippen molar-refractivity contribution in [1.82, 2.24) is 10.2 Å². The largest absolute Gasteiger partial charge is 0.489 e. The van der Waals surface area contributed by atoms with Gasteiger partial charge >= 0.3 is 0 Å². The van der Waals surface area contributed by atoms with E-state index in [1.165, 1.54) is 0 Å². The highest BCUT2D eigenvalue weighted by Gasteiger charge is 2.28. The van der Waals surface area contributed by atoms with Crippen LogP contribution in [0.4, 0.5) is 5.69 Å². The molecule has 0 aromatic heterocycles. The van der Waals surface area contributed by atoms with Crippen molar-refractivity contribution in [2.45, 2.75) is 18.9 Å². The number of carbonyl (C=O) groups excluding carboxylic acids is 1. The molecular formula is C20H31N3O5. The van der Waals surface area contributed by atoms with Crippen LogP contribution < -0.4 is 20.1 Å². The molecule has 0 radical (unpaired) electrons. The molecule has 0 bridgehead atoms. The van der Waals surface area contributed by atoms with E-state index in [4.69, 9.17) is 14.2 Å². The van der Waals surface area contributed by atoms with Crippen LogP contribution in [0.5, 0.6) is 11.5 Å². The van der Waals surface area contributed by atoms with Crippen LogP contribution in [0.1, 0.15) is 23.2 Å². The molecule has 2 aliphatic heterocycles. The van der Waals surface area contributed by atoms with Crippen molar-refractivity contribution in [2.24, 2.45) is 5.92 Å². The number of aliphatic hydroxyl groups is 1. The second kappa shape index (κ2) is 9.95. The number of hydrogen-bond acceptors (Lipinski definition) is 7. The van der Waals surface area contributed by atoms with E-state index in [1.807, 2.05) is 6.07 Å². The van der Waals surface area contributed by atoms with Gasteiger partial charge in [-0.3, -0.25) is 9.69 Å². The van der Waals surface area contributed by atoms with Gasteiger partial charge in [0.05, 0.1) is 31.5 Å². The second-order valence-electron chi connectivity index (χ2n) is 7.27. The number of rotatable bonds is 7. The van der Waals surface area contributed by atoms with Gasteiger partial charge in [-0.2, -0.15) is 0 Å². The maximum Gasteiger partial charge on any atom is 0.255 e. The van der Waals surface area contributed by atoms with Gasteiger partial charge in [0.15, 0.2) is 11.5 Å². The Kier molecular flexibility index (Phi) is 7.36. The fourth-order valence-corrected chi connectivity index (χ4v) is 3.61. The standard InChI is InChI=1S/C20H31N3O5/c1-21-15-10-16(19-18(11-15)27-7-3-8-28-19)20(25)22-12-14-4-5-23(6-9-26-2)13-17(14)24/h10-11,14,17,21,24H,3-9,12-13H2,1-2H3,(H,22,25)/t14-,17+/m0/s1. The molecule has 3 N–H and O–H groups in total. The third-order valence-electron chi connectivity index (χ3n) is 5.32. The van der Waals surface area contributed by atoms with Crippen molar-refractivity contribution >= 4 is 11.6 Å². The Balaban J connectivity index is 1.62. The van der Waals surface area contributed by atoms with Crippen molar-refractivity contribution in [1.29, 1.82) is 0 Å². The second-order valence-corrected chi connectivity index (χ2v) is 7.27. The lowest BCUT2D eigenvalue weighted by Crippen LogP contribution is -2.48. The Labute approximate surface area is 166 Å². The molecule has 0 spiro atoms. The molecule has 2 aliphatic rings. The van der Waals surface area contributed by atoms with Crippen molar-refractivity contribution in [3.63, 3.8) is 0 Å².